The Morgan fingerprint density at radius 1 is 1.28 bits per heavy atom. The van der Waals surface area contributed by atoms with E-state index in [-0.39, 0.29) is 5.91 Å². The predicted octanol–water partition coefficient (Wildman–Crippen LogP) is 2.87. The minimum atomic E-state index is -0.433. The summed E-state index contributed by atoms with van der Waals surface area (Å²) in [6.07, 6.45) is 3.65. The summed E-state index contributed by atoms with van der Waals surface area (Å²) in [6, 6.07) is 5.89. The molecule has 0 atom stereocenters. The van der Waals surface area contributed by atoms with Crippen molar-refractivity contribution in [2.45, 2.75) is 38.2 Å². The molecule has 1 N–H and O–H groups in total. The molecule has 0 spiro atoms. The first-order valence-corrected chi connectivity index (χ1v) is 9.09. The van der Waals surface area contributed by atoms with E-state index in [1.54, 1.807) is 7.11 Å². The summed E-state index contributed by atoms with van der Waals surface area (Å²) >= 11 is 0. The minimum absolute atomic E-state index is 0.0950. The van der Waals surface area contributed by atoms with E-state index in [2.05, 4.69) is 4.57 Å². The number of hydrogen-bond donors (Lipinski definition) is 1. The average molecular weight is 342 g/mol. The monoisotopic (exact) mass is 342 g/mol. The van der Waals surface area contributed by atoms with Gasteiger partial charge in [0.2, 0.25) is 0 Å². The molecule has 0 bridgehead atoms. The number of methoxy groups -OCH3 is 1. The van der Waals surface area contributed by atoms with Gasteiger partial charge in [0.1, 0.15) is 5.75 Å². The summed E-state index contributed by atoms with van der Waals surface area (Å²) in [7, 11) is 3.64. The Kier molecular flexibility index (Phi) is 3.80. The van der Waals surface area contributed by atoms with E-state index in [0.29, 0.717) is 5.92 Å². The number of rotatable bonds is 3. The molecule has 4 rings (SSSR count). The number of benzene rings is 1. The van der Waals surface area contributed by atoms with Crippen molar-refractivity contribution in [2.75, 3.05) is 20.2 Å². The first-order chi connectivity index (χ1) is 11.9. The number of hydrogen-bond acceptors (Lipinski definition) is 3. The second-order valence-corrected chi connectivity index (χ2v) is 7.57. The zero-order valence-corrected chi connectivity index (χ0v) is 15.2. The highest BCUT2D eigenvalue weighted by atomic mass is 16.5. The van der Waals surface area contributed by atoms with Gasteiger partial charge < -0.3 is 19.3 Å². The molecule has 5 nitrogen and oxygen atoms in total. The number of piperidine rings is 1. The molecule has 1 saturated carbocycles. The Balaban J connectivity index is 1.63. The van der Waals surface area contributed by atoms with Gasteiger partial charge in [-0.3, -0.25) is 4.79 Å². The third-order valence-electron chi connectivity index (χ3n) is 6.22. The van der Waals surface area contributed by atoms with E-state index in [0.717, 1.165) is 66.7 Å². The Bertz CT molecular complexity index is 827. The highest BCUT2D eigenvalue weighted by Gasteiger charge is 2.48. The molecule has 2 heterocycles. The van der Waals surface area contributed by atoms with Crippen molar-refractivity contribution in [3.63, 3.8) is 0 Å². The van der Waals surface area contributed by atoms with Crippen molar-refractivity contribution >= 4 is 16.8 Å². The molecule has 2 fully saturated rings. The number of aryl methyl sites for hydroxylation is 1. The van der Waals surface area contributed by atoms with Gasteiger partial charge in [0, 0.05) is 36.7 Å². The number of amides is 1. The number of aromatic nitrogens is 1. The van der Waals surface area contributed by atoms with Crippen molar-refractivity contribution in [3.8, 4) is 5.75 Å². The van der Waals surface area contributed by atoms with Gasteiger partial charge in [-0.15, -0.1) is 0 Å². The fourth-order valence-electron chi connectivity index (χ4n) is 4.26. The fourth-order valence-corrected chi connectivity index (χ4v) is 4.26. The van der Waals surface area contributed by atoms with Gasteiger partial charge in [-0.05, 0) is 56.7 Å². The third kappa shape index (κ3) is 2.61. The zero-order valence-electron chi connectivity index (χ0n) is 15.2. The summed E-state index contributed by atoms with van der Waals surface area (Å²) in [5, 5.41) is 11.3. The number of carbonyl (C=O) groups excluding carboxylic acids is 1. The summed E-state index contributed by atoms with van der Waals surface area (Å²) < 4.78 is 7.42. The summed E-state index contributed by atoms with van der Waals surface area (Å²) in [5.41, 5.74) is 2.37. The van der Waals surface area contributed by atoms with Crippen LogP contribution < -0.4 is 4.74 Å². The average Bonchev–Trinajstić information content (AvgIpc) is 3.34. The fraction of sp³-hybridized carbons (Fsp3) is 0.550. The van der Waals surface area contributed by atoms with Crippen LogP contribution in [0.5, 0.6) is 5.75 Å². The van der Waals surface area contributed by atoms with Gasteiger partial charge >= 0.3 is 0 Å². The van der Waals surface area contributed by atoms with Crippen LogP contribution in [0.15, 0.2) is 18.2 Å². The van der Waals surface area contributed by atoms with Crippen LogP contribution in [0.4, 0.5) is 0 Å². The number of carbonyl (C=O) groups is 1. The van der Waals surface area contributed by atoms with E-state index in [1.165, 1.54) is 0 Å². The van der Waals surface area contributed by atoms with Gasteiger partial charge in [-0.2, -0.15) is 0 Å². The lowest BCUT2D eigenvalue weighted by Gasteiger charge is -2.34. The van der Waals surface area contributed by atoms with Crippen LogP contribution in [-0.4, -0.2) is 46.3 Å². The van der Waals surface area contributed by atoms with E-state index in [9.17, 15) is 9.90 Å². The normalized spacial score (nSPS) is 20.1. The number of likely N-dealkylation sites (tertiary alicyclic amines) is 1. The van der Waals surface area contributed by atoms with Crippen LogP contribution in [0.25, 0.3) is 10.9 Å². The van der Waals surface area contributed by atoms with Gasteiger partial charge in [0.25, 0.3) is 5.91 Å². The van der Waals surface area contributed by atoms with E-state index >= 15 is 0 Å². The molecular weight excluding hydrogens is 316 g/mol. The van der Waals surface area contributed by atoms with Crippen LogP contribution in [0.1, 0.15) is 41.7 Å². The van der Waals surface area contributed by atoms with E-state index in [4.69, 9.17) is 4.74 Å². The molecule has 25 heavy (non-hydrogen) atoms. The lowest BCUT2D eigenvalue weighted by Crippen LogP contribution is -2.42. The molecule has 0 radical (unpaired) electrons. The molecule has 1 amide bonds. The molecule has 1 aromatic carbocycles. The molecule has 2 aromatic rings. The van der Waals surface area contributed by atoms with Crippen LogP contribution in [0.2, 0.25) is 0 Å². The van der Waals surface area contributed by atoms with Crippen LogP contribution in [0.3, 0.4) is 0 Å². The Morgan fingerprint density at radius 2 is 1.96 bits per heavy atom. The van der Waals surface area contributed by atoms with Gasteiger partial charge in [-0.1, -0.05) is 0 Å². The smallest absolute Gasteiger partial charge is 0.256 e. The molecular formula is C20H26N2O3. The first kappa shape index (κ1) is 16.5. The highest BCUT2D eigenvalue weighted by Crippen LogP contribution is 2.46. The molecule has 0 unspecified atom stereocenters. The number of aliphatic hydroxyl groups is 1. The van der Waals surface area contributed by atoms with Crippen molar-refractivity contribution in [2.24, 2.45) is 13.0 Å². The van der Waals surface area contributed by atoms with E-state index < -0.39 is 5.60 Å². The SMILES string of the molecule is COc1ccc2c(c1)c(C(=O)N1CCC(C3(O)CC3)CC1)c(C)n2C. The van der Waals surface area contributed by atoms with Crippen molar-refractivity contribution in [1.82, 2.24) is 9.47 Å². The maximum atomic E-state index is 13.2. The Morgan fingerprint density at radius 3 is 2.56 bits per heavy atom. The highest BCUT2D eigenvalue weighted by molar-refractivity contribution is 6.08. The van der Waals surface area contributed by atoms with Crippen molar-refractivity contribution in [3.05, 3.63) is 29.5 Å². The molecule has 1 saturated heterocycles. The Labute approximate surface area is 148 Å². The van der Waals surface area contributed by atoms with Gasteiger partial charge in [0.05, 0.1) is 18.3 Å². The quantitative estimate of drug-likeness (QED) is 0.933. The number of ether oxygens (including phenoxy) is 1. The topological polar surface area (TPSA) is 54.7 Å². The van der Waals surface area contributed by atoms with Crippen LogP contribution >= 0.6 is 0 Å². The molecule has 1 aliphatic carbocycles. The molecule has 134 valence electrons. The second-order valence-electron chi connectivity index (χ2n) is 7.57. The van der Waals surface area contributed by atoms with E-state index in [1.807, 2.05) is 37.1 Å². The van der Waals surface area contributed by atoms with Crippen molar-refractivity contribution < 1.29 is 14.6 Å². The zero-order chi connectivity index (χ0) is 17.8. The second kappa shape index (κ2) is 5.77. The Hall–Kier alpha value is -2.01. The lowest BCUT2D eigenvalue weighted by atomic mass is 9.89. The summed E-state index contributed by atoms with van der Waals surface area (Å²) in [4.78, 5) is 15.2. The third-order valence-corrected chi connectivity index (χ3v) is 6.22. The lowest BCUT2D eigenvalue weighted by molar-refractivity contribution is 0.0341. The molecule has 1 aromatic heterocycles. The van der Waals surface area contributed by atoms with Gasteiger partial charge in [0.15, 0.2) is 0 Å². The van der Waals surface area contributed by atoms with Gasteiger partial charge in [-0.25, -0.2) is 0 Å². The summed E-state index contributed by atoms with van der Waals surface area (Å²) in [6.45, 7) is 3.45. The molecule has 5 heteroatoms. The maximum absolute atomic E-state index is 13.2. The molecule has 2 aliphatic rings. The maximum Gasteiger partial charge on any atom is 0.256 e. The number of nitrogens with zero attached hydrogens (tertiary/aromatic N) is 2. The standard InChI is InChI=1S/C20H26N2O3/c1-13-18(16-12-15(25-3)4-5-17(16)21(13)2)19(23)22-10-6-14(7-11-22)20(24)8-9-20/h4-5,12,14,24H,6-11H2,1-3H3. The first-order valence-electron chi connectivity index (χ1n) is 9.09. The summed E-state index contributed by atoms with van der Waals surface area (Å²) in [5.74, 6) is 1.21. The molecule has 1 aliphatic heterocycles. The van der Waals surface area contributed by atoms with Crippen LogP contribution in [-0.2, 0) is 7.05 Å². The predicted molar refractivity (Wildman–Crippen MR) is 97.0 cm³/mol. The van der Waals surface area contributed by atoms with Crippen molar-refractivity contribution in [1.29, 1.82) is 0 Å². The minimum Gasteiger partial charge on any atom is -0.497 e. The van der Waals surface area contributed by atoms with Crippen LogP contribution in [0, 0.1) is 12.8 Å². The largest absolute Gasteiger partial charge is 0.497 e. The number of fused-ring (bicyclic) bond motifs is 1.